The van der Waals surface area contributed by atoms with Crippen molar-refractivity contribution < 1.29 is 9.53 Å². The van der Waals surface area contributed by atoms with Gasteiger partial charge in [0.15, 0.2) is 5.78 Å². The van der Waals surface area contributed by atoms with Crippen LogP contribution in [0, 0.1) is 13.8 Å². The number of carbonyl (C=O) groups is 1. The fourth-order valence-corrected chi connectivity index (χ4v) is 2.46. The zero-order valence-electron chi connectivity index (χ0n) is 11.9. The van der Waals surface area contributed by atoms with Crippen LogP contribution >= 0.6 is 11.6 Å². The smallest absolute Gasteiger partial charge is 0.179 e. The van der Waals surface area contributed by atoms with Crippen LogP contribution in [-0.4, -0.2) is 23.3 Å². The first kappa shape index (κ1) is 14.7. The number of halogens is 1. The zero-order valence-corrected chi connectivity index (χ0v) is 12.7. The van der Waals surface area contributed by atoms with Crippen LogP contribution in [0.25, 0.3) is 0 Å². The minimum atomic E-state index is -0.0271. The molecule has 4 heteroatoms. The van der Waals surface area contributed by atoms with Gasteiger partial charge in [0.2, 0.25) is 0 Å². The Bertz CT molecular complexity index is 614. The Morgan fingerprint density at radius 2 is 1.90 bits per heavy atom. The van der Waals surface area contributed by atoms with Crippen LogP contribution in [0.4, 0.5) is 0 Å². The molecule has 2 rings (SSSR count). The second-order valence-electron chi connectivity index (χ2n) is 4.78. The molecule has 0 amide bonds. The van der Waals surface area contributed by atoms with Gasteiger partial charge in [-0.2, -0.15) is 0 Å². The van der Waals surface area contributed by atoms with Crippen molar-refractivity contribution in [2.24, 2.45) is 0 Å². The van der Waals surface area contributed by atoms with Crippen LogP contribution in [0.2, 0.25) is 0 Å². The predicted molar refractivity (Wildman–Crippen MR) is 81.1 cm³/mol. The first-order valence-electron chi connectivity index (χ1n) is 6.45. The number of aryl methyl sites for hydroxylation is 1. The largest absolute Gasteiger partial charge is 0.497 e. The molecular weight excluding hydrogens is 274 g/mol. The molecule has 0 aliphatic rings. The van der Waals surface area contributed by atoms with Crippen molar-refractivity contribution >= 4 is 17.4 Å². The van der Waals surface area contributed by atoms with Gasteiger partial charge in [-0.25, -0.2) is 0 Å². The third kappa shape index (κ3) is 2.88. The fraction of sp³-hybridized carbons (Fsp3) is 0.312. The van der Waals surface area contributed by atoms with Crippen molar-refractivity contribution in [1.82, 2.24) is 4.57 Å². The molecule has 0 unspecified atom stereocenters. The van der Waals surface area contributed by atoms with E-state index in [0.29, 0.717) is 5.56 Å². The summed E-state index contributed by atoms with van der Waals surface area (Å²) in [5.41, 5.74) is 3.90. The highest BCUT2D eigenvalue weighted by Gasteiger charge is 2.14. The van der Waals surface area contributed by atoms with Crippen LogP contribution in [0.1, 0.15) is 27.3 Å². The highest BCUT2D eigenvalue weighted by Crippen LogP contribution is 2.19. The molecule has 1 aromatic carbocycles. The quantitative estimate of drug-likeness (QED) is 0.623. The van der Waals surface area contributed by atoms with E-state index in [1.54, 1.807) is 7.11 Å². The molecule has 0 aliphatic carbocycles. The molecule has 2 aromatic rings. The molecule has 0 atom stereocenters. The number of benzene rings is 1. The van der Waals surface area contributed by atoms with Crippen molar-refractivity contribution in [2.45, 2.75) is 20.4 Å². The maximum absolute atomic E-state index is 11.8. The highest BCUT2D eigenvalue weighted by atomic mass is 35.5. The van der Waals surface area contributed by atoms with Gasteiger partial charge in [0, 0.05) is 23.5 Å². The van der Waals surface area contributed by atoms with E-state index in [9.17, 15) is 4.79 Å². The molecule has 0 bridgehead atoms. The average molecular weight is 292 g/mol. The van der Waals surface area contributed by atoms with Gasteiger partial charge in [0.05, 0.1) is 13.0 Å². The number of ether oxygens (including phenoxy) is 1. The summed E-state index contributed by atoms with van der Waals surface area (Å²) in [6.07, 6.45) is 0. The summed E-state index contributed by atoms with van der Waals surface area (Å²) in [5, 5.41) is 0. The lowest BCUT2D eigenvalue weighted by Crippen LogP contribution is -2.06. The summed E-state index contributed by atoms with van der Waals surface area (Å²) in [6.45, 7) is 4.69. The molecule has 0 aliphatic heterocycles. The van der Waals surface area contributed by atoms with Crippen LogP contribution in [0.3, 0.4) is 0 Å². The van der Waals surface area contributed by atoms with E-state index in [1.165, 1.54) is 0 Å². The van der Waals surface area contributed by atoms with Gasteiger partial charge in [0.25, 0.3) is 0 Å². The molecule has 20 heavy (non-hydrogen) atoms. The Morgan fingerprint density at radius 3 is 2.45 bits per heavy atom. The van der Waals surface area contributed by atoms with E-state index in [0.717, 1.165) is 29.2 Å². The summed E-state index contributed by atoms with van der Waals surface area (Å²) in [5.74, 6) is 0.834. The molecule has 0 N–H and O–H groups in total. The van der Waals surface area contributed by atoms with E-state index >= 15 is 0 Å². The number of hydrogen-bond donors (Lipinski definition) is 0. The Labute approximate surface area is 124 Å². The summed E-state index contributed by atoms with van der Waals surface area (Å²) in [4.78, 5) is 11.8. The lowest BCUT2D eigenvalue weighted by atomic mass is 10.2. The minimum Gasteiger partial charge on any atom is -0.497 e. The van der Waals surface area contributed by atoms with Gasteiger partial charge >= 0.3 is 0 Å². The number of hydrogen-bond acceptors (Lipinski definition) is 2. The normalized spacial score (nSPS) is 10.6. The van der Waals surface area contributed by atoms with Crippen molar-refractivity contribution in [1.29, 1.82) is 0 Å². The lowest BCUT2D eigenvalue weighted by molar-refractivity contribution is 0.102. The molecule has 1 aromatic heterocycles. The minimum absolute atomic E-state index is 0.0207. The number of methoxy groups -OCH3 is 1. The van der Waals surface area contributed by atoms with E-state index in [-0.39, 0.29) is 11.7 Å². The zero-order chi connectivity index (χ0) is 14.7. The van der Waals surface area contributed by atoms with Crippen molar-refractivity contribution in [3.8, 4) is 5.75 Å². The predicted octanol–water partition coefficient (Wildman–Crippen LogP) is 3.58. The summed E-state index contributed by atoms with van der Waals surface area (Å²) in [6, 6.07) is 9.84. The fourth-order valence-electron chi connectivity index (χ4n) is 2.31. The highest BCUT2D eigenvalue weighted by molar-refractivity contribution is 6.30. The first-order valence-corrected chi connectivity index (χ1v) is 6.99. The average Bonchev–Trinajstić information content (AvgIpc) is 2.75. The van der Waals surface area contributed by atoms with Crippen LogP contribution in [-0.2, 0) is 6.54 Å². The standard InChI is InChI=1S/C16H18ClNO2/c1-11-8-15(16(19)9-17)12(2)18(11)10-13-4-6-14(20-3)7-5-13/h4-8H,9-10H2,1-3H3. The molecule has 1 heterocycles. The number of aromatic nitrogens is 1. The number of rotatable bonds is 5. The van der Waals surface area contributed by atoms with Gasteiger partial charge in [-0.3, -0.25) is 4.79 Å². The molecule has 106 valence electrons. The lowest BCUT2D eigenvalue weighted by Gasteiger charge is -2.10. The second-order valence-corrected chi connectivity index (χ2v) is 5.04. The summed E-state index contributed by atoms with van der Waals surface area (Å²) >= 11 is 5.64. The number of carbonyl (C=O) groups excluding carboxylic acids is 1. The summed E-state index contributed by atoms with van der Waals surface area (Å²) in [7, 11) is 1.65. The summed E-state index contributed by atoms with van der Waals surface area (Å²) < 4.78 is 7.28. The third-order valence-corrected chi connectivity index (χ3v) is 3.74. The topological polar surface area (TPSA) is 31.2 Å². The molecule has 0 saturated carbocycles. The van der Waals surface area contributed by atoms with E-state index in [1.807, 2.05) is 44.2 Å². The SMILES string of the molecule is COc1ccc(Cn2c(C)cc(C(=O)CCl)c2C)cc1. The Hall–Kier alpha value is -1.74. The number of Topliss-reactive ketones (excluding diaryl/α,β-unsaturated/α-hetero) is 1. The maximum Gasteiger partial charge on any atom is 0.179 e. The Morgan fingerprint density at radius 1 is 1.25 bits per heavy atom. The molecule has 3 nitrogen and oxygen atoms in total. The molecular formula is C16H18ClNO2. The van der Waals surface area contributed by atoms with Crippen LogP contribution in [0.5, 0.6) is 5.75 Å². The van der Waals surface area contributed by atoms with E-state index < -0.39 is 0 Å². The Kier molecular flexibility index (Phi) is 4.50. The van der Waals surface area contributed by atoms with Crippen LogP contribution < -0.4 is 4.74 Å². The van der Waals surface area contributed by atoms with Gasteiger partial charge < -0.3 is 9.30 Å². The number of ketones is 1. The third-order valence-electron chi connectivity index (χ3n) is 3.50. The van der Waals surface area contributed by atoms with Crippen LogP contribution in [0.15, 0.2) is 30.3 Å². The Balaban J connectivity index is 2.28. The van der Waals surface area contributed by atoms with Crippen molar-refractivity contribution in [2.75, 3.05) is 13.0 Å². The molecule has 0 radical (unpaired) electrons. The number of nitrogens with zero attached hydrogens (tertiary/aromatic N) is 1. The first-order chi connectivity index (χ1) is 9.56. The number of alkyl halides is 1. The second kappa shape index (κ2) is 6.14. The van der Waals surface area contributed by atoms with Crippen molar-refractivity contribution in [3.05, 3.63) is 52.8 Å². The van der Waals surface area contributed by atoms with E-state index in [4.69, 9.17) is 16.3 Å². The van der Waals surface area contributed by atoms with Gasteiger partial charge in [-0.05, 0) is 37.6 Å². The molecule has 0 saturated heterocycles. The van der Waals surface area contributed by atoms with Crippen molar-refractivity contribution in [3.63, 3.8) is 0 Å². The maximum atomic E-state index is 11.8. The monoisotopic (exact) mass is 291 g/mol. The van der Waals surface area contributed by atoms with Gasteiger partial charge in [-0.15, -0.1) is 11.6 Å². The van der Waals surface area contributed by atoms with Gasteiger partial charge in [-0.1, -0.05) is 12.1 Å². The van der Waals surface area contributed by atoms with Gasteiger partial charge in [0.1, 0.15) is 5.75 Å². The molecule has 0 fully saturated rings. The van der Waals surface area contributed by atoms with E-state index in [2.05, 4.69) is 4.57 Å². The molecule has 0 spiro atoms.